The predicted molar refractivity (Wildman–Crippen MR) is 76.2 cm³/mol. The van der Waals surface area contributed by atoms with Crippen molar-refractivity contribution in [3.05, 3.63) is 17.3 Å². The maximum atomic E-state index is 12.0. The lowest BCUT2D eigenvalue weighted by atomic mass is 9.97. The minimum absolute atomic E-state index is 0.0914. The first-order chi connectivity index (χ1) is 8.79. The molecule has 0 atom stereocenters. The molecule has 1 amide bonds. The van der Waals surface area contributed by atoms with Crippen LogP contribution < -0.4 is 0 Å². The first-order valence-corrected chi connectivity index (χ1v) is 7.04. The Morgan fingerprint density at radius 3 is 2.26 bits per heavy atom. The maximum absolute atomic E-state index is 12.0. The summed E-state index contributed by atoms with van der Waals surface area (Å²) in [6.45, 7) is 13.7. The van der Waals surface area contributed by atoms with Crippen LogP contribution in [0.5, 0.6) is 0 Å². The number of amides is 1. The zero-order chi connectivity index (χ0) is 14.6. The molecule has 1 heterocycles. The molecule has 0 saturated heterocycles. The Balaban J connectivity index is 2.69. The SMILES string of the molecule is CCN(CC)C(=O)CCc1oc(C(C)(C)C)nc1C. The molecule has 0 bridgehead atoms. The Hall–Kier alpha value is -1.32. The summed E-state index contributed by atoms with van der Waals surface area (Å²) in [6.07, 6.45) is 1.12. The van der Waals surface area contributed by atoms with Crippen molar-refractivity contribution in [1.29, 1.82) is 0 Å². The molecule has 19 heavy (non-hydrogen) atoms. The van der Waals surface area contributed by atoms with E-state index in [0.29, 0.717) is 12.8 Å². The highest BCUT2D eigenvalue weighted by atomic mass is 16.4. The van der Waals surface area contributed by atoms with Crippen LogP contribution >= 0.6 is 0 Å². The van der Waals surface area contributed by atoms with Gasteiger partial charge in [-0.3, -0.25) is 4.79 Å². The van der Waals surface area contributed by atoms with Crippen LogP contribution in [0.4, 0.5) is 0 Å². The zero-order valence-electron chi connectivity index (χ0n) is 13.0. The van der Waals surface area contributed by atoms with E-state index in [4.69, 9.17) is 4.42 Å². The third-order valence-electron chi connectivity index (χ3n) is 3.22. The minimum Gasteiger partial charge on any atom is -0.445 e. The lowest BCUT2D eigenvalue weighted by Gasteiger charge is -2.18. The highest BCUT2D eigenvalue weighted by molar-refractivity contribution is 5.76. The van der Waals surface area contributed by atoms with Crippen LogP contribution in [0.3, 0.4) is 0 Å². The standard InChI is InChI=1S/C15H26N2O2/c1-7-17(8-2)13(18)10-9-12-11(3)16-14(19-12)15(4,5)6/h7-10H2,1-6H3. The lowest BCUT2D eigenvalue weighted by Crippen LogP contribution is -2.30. The largest absolute Gasteiger partial charge is 0.445 e. The molecule has 1 aromatic heterocycles. The zero-order valence-corrected chi connectivity index (χ0v) is 13.0. The van der Waals surface area contributed by atoms with Crippen molar-refractivity contribution in [1.82, 2.24) is 9.88 Å². The van der Waals surface area contributed by atoms with Crippen molar-refractivity contribution < 1.29 is 9.21 Å². The van der Waals surface area contributed by atoms with Gasteiger partial charge >= 0.3 is 0 Å². The van der Waals surface area contributed by atoms with E-state index in [1.807, 2.05) is 25.7 Å². The number of hydrogen-bond acceptors (Lipinski definition) is 3. The van der Waals surface area contributed by atoms with Gasteiger partial charge in [0.05, 0.1) is 5.69 Å². The first kappa shape index (κ1) is 15.7. The molecule has 4 heteroatoms. The fourth-order valence-corrected chi connectivity index (χ4v) is 1.94. The van der Waals surface area contributed by atoms with Crippen molar-refractivity contribution in [3.8, 4) is 0 Å². The Labute approximate surface area is 116 Å². The third kappa shape index (κ3) is 4.08. The van der Waals surface area contributed by atoms with Crippen molar-refractivity contribution in [2.24, 2.45) is 0 Å². The number of oxazole rings is 1. The van der Waals surface area contributed by atoms with Gasteiger partial charge in [0.25, 0.3) is 0 Å². The molecule has 1 aromatic rings. The molecule has 0 N–H and O–H groups in total. The topological polar surface area (TPSA) is 46.3 Å². The quantitative estimate of drug-likeness (QED) is 0.822. The van der Waals surface area contributed by atoms with Crippen LogP contribution in [-0.2, 0) is 16.6 Å². The predicted octanol–water partition coefficient (Wildman–Crippen LogP) is 3.08. The molecule has 0 aromatic carbocycles. The second-order valence-electron chi connectivity index (χ2n) is 5.84. The van der Waals surface area contributed by atoms with Crippen molar-refractivity contribution in [3.63, 3.8) is 0 Å². The van der Waals surface area contributed by atoms with Gasteiger partial charge in [0.2, 0.25) is 5.91 Å². The van der Waals surface area contributed by atoms with Gasteiger partial charge in [0.15, 0.2) is 5.89 Å². The van der Waals surface area contributed by atoms with E-state index < -0.39 is 0 Å². The molecule has 108 valence electrons. The van der Waals surface area contributed by atoms with E-state index in [0.717, 1.165) is 30.4 Å². The summed E-state index contributed by atoms with van der Waals surface area (Å²) in [6, 6.07) is 0. The van der Waals surface area contributed by atoms with Crippen LogP contribution in [0.25, 0.3) is 0 Å². The van der Waals surface area contributed by atoms with Gasteiger partial charge in [0, 0.05) is 31.3 Å². The fourth-order valence-electron chi connectivity index (χ4n) is 1.94. The van der Waals surface area contributed by atoms with Gasteiger partial charge in [-0.1, -0.05) is 20.8 Å². The smallest absolute Gasteiger partial charge is 0.223 e. The van der Waals surface area contributed by atoms with E-state index in [2.05, 4.69) is 25.8 Å². The molecule has 1 rings (SSSR count). The summed E-state index contributed by atoms with van der Waals surface area (Å²) >= 11 is 0. The number of rotatable bonds is 5. The van der Waals surface area contributed by atoms with E-state index in [1.165, 1.54) is 0 Å². The van der Waals surface area contributed by atoms with E-state index >= 15 is 0 Å². The minimum atomic E-state index is -0.0914. The average Bonchev–Trinajstić information content (AvgIpc) is 2.69. The van der Waals surface area contributed by atoms with E-state index in [-0.39, 0.29) is 11.3 Å². The lowest BCUT2D eigenvalue weighted by molar-refractivity contribution is -0.130. The molecule has 0 unspecified atom stereocenters. The second-order valence-corrected chi connectivity index (χ2v) is 5.84. The monoisotopic (exact) mass is 266 g/mol. The van der Waals surface area contributed by atoms with Gasteiger partial charge < -0.3 is 9.32 Å². The molecule has 0 aliphatic carbocycles. The third-order valence-corrected chi connectivity index (χ3v) is 3.22. The Kier molecular flexibility index (Phi) is 5.15. The van der Waals surface area contributed by atoms with E-state index in [1.54, 1.807) is 0 Å². The highest BCUT2D eigenvalue weighted by Crippen LogP contribution is 2.24. The Morgan fingerprint density at radius 1 is 1.26 bits per heavy atom. The van der Waals surface area contributed by atoms with Crippen LogP contribution in [0.15, 0.2) is 4.42 Å². The molecule has 0 radical (unpaired) electrons. The fraction of sp³-hybridized carbons (Fsp3) is 0.733. The van der Waals surface area contributed by atoms with Crippen LogP contribution in [0.1, 0.15) is 58.4 Å². The normalized spacial score (nSPS) is 11.7. The number of carbonyl (C=O) groups excluding carboxylic acids is 1. The van der Waals surface area contributed by atoms with Gasteiger partial charge in [-0.2, -0.15) is 0 Å². The molecule has 0 spiro atoms. The molecule has 0 saturated carbocycles. The van der Waals surface area contributed by atoms with Gasteiger partial charge in [-0.05, 0) is 20.8 Å². The molecular weight excluding hydrogens is 240 g/mol. The average molecular weight is 266 g/mol. The number of carbonyl (C=O) groups is 1. The summed E-state index contributed by atoms with van der Waals surface area (Å²) in [4.78, 5) is 18.3. The number of hydrogen-bond donors (Lipinski definition) is 0. The van der Waals surface area contributed by atoms with Gasteiger partial charge in [0.1, 0.15) is 5.76 Å². The molecule has 0 fully saturated rings. The molecule has 4 nitrogen and oxygen atoms in total. The van der Waals surface area contributed by atoms with Crippen molar-refractivity contribution in [2.75, 3.05) is 13.1 Å². The van der Waals surface area contributed by atoms with E-state index in [9.17, 15) is 4.79 Å². The molecular formula is C15H26N2O2. The second kappa shape index (κ2) is 6.22. The number of aryl methyl sites for hydroxylation is 2. The maximum Gasteiger partial charge on any atom is 0.223 e. The van der Waals surface area contributed by atoms with Gasteiger partial charge in [-0.15, -0.1) is 0 Å². The summed E-state index contributed by atoms with van der Waals surface area (Å²) in [5.74, 6) is 1.76. The molecule has 0 aliphatic rings. The first-order valence-electron chi connectivity index (χ1n) is 7.04. The van der Waals surface area contributed by atoms with Gasteiger partial charge in [-0.25, -0.2) is 4.98 Å². The van der Waals surface area contributed by atoms with Crippen LogP contribution in [-0.4, -0.2) is 28.9 Å². The van der Waals surface area contributed by atoms with Crippen molar-refractivity contribution in [2.45, 2.75) is 59.8 Å². The molecule has 0 aliphatic heterocycles. The highest BCUT2D eigenvalue weighted by Gasteiger charge is 2.22. The summed E-state index contributed by atoms with van der Waals surface area (Å²) in [5, 5.41) is 0. The Bertz CT molecular complexity index is 426. The summed E-state index contributed by atoms with van der Waals surface area (Å²) in [7, 11) is 0. The number of nitrogens with zero attached hydrogens (tertiary/aromatic N) is 2. The summed E-state index contributed by atoms with van der Waals surface area (Å²) in [5.41, 5.74) is 0.809. The summed E-state index contributed by atoms with van der Waals surface area (Å²) < 4.78 is 5.79. The number of aromatic nitrogens is 1. The van der Waals surface area contributed by atoms with Crippen molar-refractivity contribution >= 4 is 5.91 Å². The van der Waals surface area contributed by atoms with Crippen LogP contribution in [0.2, 0.25) is 0 Å². The Morgan fingerprint density at radius 2 is 1.84 bits per heavy atom. The van der Waals surface area contributed by atoms with Crippen LogP contribution in [0, 0.1) is 6.92 Å².